The van der Waals surface area contributed by atoms with E-state index in [2.05, 4.69) is 10.4 Å². The van der Waals surface area contributed by atoms with E-state index in [0.29, 0.717) is 12.8 Å². The average molecular weight is 205 g/mol. The predicted molar refractivity (Wildman–Crippen MR) is 54.7 cm³/mol. The third-order valence-electron chi connectivity index (χ3n) is 2.20. The lowest BCUT2D eigenvalue weighted by atomic mass is 10.1. The first kappa shape index (κ1) is 9.67. The van der Waals surface area contributed by atoms with Crippen LogP contribution in [0.1, 0.15) is 12.0 Å². The smallest absolute Gasteiger partial charge is 0.234 e. The zero-order valence-electron chi connectivity index (χ0n) is 8.06. The number of aryl methyl sites for hydroxylation is 1. The maximum Gasteiger partial charge on any atom is 0.234 e. The molecular formula is C10H11N3O2. The Balaban J connectivity index is 2.11. The zero-order valence-corrected chi connectivity index (χ0v) is 8.06. The second-order valence-electron chi connectivity index (χ2n) is 3.22. The van der Waals surface area contributed by atoms with Gasteiger partial charge in [0.1, 0.15) is 5.52 Å². The number of hydrogen-bond donors (Lipinski definition) is 2. The van der Waals surface area contributed by atoms with E-state index in [1.807, 2.05) is 18.2 Å². The molecule has 0 saturated heterocycles. The molecule has 1 amide bonds. The standard InChI is InChI=1S/C10H11N3O2/c11-13-10(14)4-2-7-1-3-8-9(5-7)15-6-12-8/h1,3,5-6H,2,4,11H2,(H,13,14). The number of hydrazine groups is 1. The van der Waals surface area contributed by atoms with E-state index in [1.165, 1.54) is 6.39 Å². The van der Waals surface area contributed by atoms with Crippen LogP contribution in [0.3, 0.4) is 0 Å². The third kappa shape index (κ3) is 2.13. The van der Waals surface area contributed by atoms with Crippen LogP contribution in [-0.4, -0.2) is 10.9 Å². The number of fused-ring (bicyclic) bond motifs is 1. The van der Waals surface area contributed by atoms with E-state index in [9.17, 15) is 4.79 Å². The Hall–Kier alpha value is -1.88. The zero-order chi connectivity index (χ0) is 10.7. The molecule has 0 aliphatic rings. The lowest BCUT2D eigenvalue weighted by Crippen LogP contribution is -2.30. The molecule has 0 unspecified atom stereocenters. The van der Waals surface area contributed by atoms with Gasteiger partial charge in [-0.1, -0.05) is 6.07 Å². The molecule has 3 N–H and O–H groups in total. The summed E-state index contributed by atoms with van der Waals surface area (Å²) >= 11 is 0. The largest absolute Gasteiger partial charge is 0.443 e. The molecule has 0 fully saturated rings. The second kappa shape index (κ2) is 4.10. The Morgan fingerprint density at radius 2 is 2.40 bits per heavy atom. The number of oxazole rings is 1. The van der Waals surface area contributed by atoms with Crippen LogP contribution in [0, 0.1) is 0 Å². The Labute approximate surface area is 86.2 Å². The summed E-state index contributed by atoms with van der Waals surface area (Å²) in [5.74, 6) is 4.81. The molecule has 0 bridgehead atoms. The van der Waals surface area contributed by atoms with Crippen LogP contribution in [-0.2, 0) is 11.2 Å². The monoisotopic (exact) mass is 205 g/mol. The summed E-state index contributed by atoms with van der Waals surface area (Å²) in [7, 11) is 0. The summed E-state index contributed by atoms with van der Waals surface area (Å²) in [6, 6.07) is 5.68. The Kier molecular flexibility index (Phi) is 2.64. The van der Waals surface area contributed by atoms with Crippen molar-refractivity contribution in [3.63, 3.8) is 0 Å². The van der Waals surface area contributed by atoms with Crippen molar-refractivity contribution in [1.29, 1.82) is 0 Å². The highest BCUT2D eigenvalue weighted by Gasteiger charge is 2.03. The summed E-state index contributed by atoms with van der Waals surface area (Å²) in [6.45, 7) is 0. The number of hydrogen-bond acceptors (Lipinski definition) is 4. The van der Waals surface area contributed by atoms with Crippen LogP contribution in [0.15, 0.2) is 29.0 Å². The SMILES string of the molecule is NNC(=O)CCc1ccc2ncoc2c1. The molecule has 0 aliphatic heterocycles. The molecule has 2 rings (SSSR count). The van der Waals surface area contributed by atoms with Gasteiger partial charge in [-0.15, -0.1) is 0 Å². The molecule has 1 aromatic heterocycles. The number of amides is 1. The third-order valence-corrected chi connectivity index (χ3v) is 2.20. The molecule has 0 aliphatic carbocycles. The maximum atomic E-state index is 10.9. The summed E-state index contributed by atoms with van der Waals surface area (Å²) in [4.78, 5) is 14.9. The summed E-state index contributed by atoms with van der Waals surface area (Å²) in [5.41, 5.74) is 4.68. The first-order valence-corrected chi connectivity index (χ1v) is 4.61. The molecule has 0 atom stereocenters. The second-order valence-corrected chi connectivity index (χ2v) is 3.22. The van der Waals surface area contributed by atoms with Crippen molar-refractivity contribution in [3.05, 3.63) is 30.2 Å². The lowest BCUT2D eigenvalue weighted by molar-refractivity contribution is -0.121. The predicted octanol–water partition coefficient (Wildman–Crippen LogP) is 0.750. The number of carbonyl (C=O) groups excluding carboxylic acids is 1. The molecule has 78 valence electrons. The number of rotatable bonds is 3. The van der Waals surface area contributed by atoms with Crippen molar-refractivity contribution in [3.8, 4) is 0 Å². The van der Waals surface area contributed by atoms with Crippen molar-refractivity contribution in [2.75, 3.05) is 0 Å². The van der Waals surface area contributed by atoms with Gasteiger partial charge < -0.3 is 4.42 Å². The van der Waals surface area contributed by atoms with Crippen LogP contribution in [0.4, 0.5) is 0 Å². The minimum atomic E-state index is -0.173. The number of nitrogens with zero attached hydrogens (tertiary/aromatic N) is 1. The summed E-state index contributed by atoms with van der Waals surface area (Å²) in [5, 5.41) is 0. The highest BCUT2D eigenvalue weighted by Crippen LogP contribution is 2.15. The van der Waals surface area contributed by atoms with Gasteiger partial charge >= 0.3 is 0 Å². The molecule has 0 radical (unpaired) electrons. The van der Waals surface area contributed by atoms with E-state index in [1.54, 1.807) is 0 Å². The first-order valence-electron chi connectivity index (χ1n) is 4.61. The van der Waals surface area contributed by atoms with Crippen molar-refractivity contribution >= 4 is 17.0 Å². The summed E-state index contributed by atoms with van der Waals surface area (Å²) < 4.78 is 5.16. The van der Waals surface area contributed by atoms with Crippen molar-refractivity contribution in [1.82, 2.24) is 10.4 Å². The maximum absolute atomic E-state index is 10.9. The van der Waals surface area contributed by atoms with Crippen molar-refractivity contribution in [2.24, 2.45) is 5.84 Å². The van der Waals surface area contributed by atoms with E-state index < -0.39 is 0 Å². The quantitative estimate of drug-likeness (QED) is 0.440. The van der Waals surface area contributed by atoms with E-state index in [0.717, 1.165) is 16.7 Å². The molecule has 0 saturated carbocycles. The fourth-order valence-electron chi connectivity index (χ4n) is 1.39. The van der Waals surface area contributed by atoms with Crippen LogP contribution in [0.5, 0.6) is 0 Å². The highest BCUT2D eigenvalue weighted by atomic mass is 16.3. The van der Waals surface area contributed by atoms with Gasteiger partial charge in [0, 0.05) is 6.42 Å². The fourth-order valence-corrected chi connectivity index (χ4v) is 1.39. The minimum Gasteiger partial charge on any atom is -0.443 e. The van der Waals surface area contributed by atoms with Crippen LogP contribution >= 0.6 is 0 Å². The number of benzene rings is 1. The highest BCUT2D eigenvalue weighted by molar-refractivity contribution is 5.76. The van der Waals surface area contributed by atoms with E-state index in [4.69, 9.17) is 10.3 Å². The van der Waals surface area contributed by atoms with Crippen LogP contribution in [0.25, 0.3) is 11.1 Å². The Bertz CT molecular complexity index is 478. The Morgan fingerprint density at radius 1 is 1.53 bits per heavy atom. The lowest BCUT2D eigenvalue weighted by Gasteiger charge is -2.00. The molecule has 2 aromatic rings. The van der Waals surface area contributed by atoms with Gasteiger partial charge in [-0.25, -0.2) is 10.8 Å². The van der Waals surface area contributed by atoms with Gasteiger partial charge in [0.25, 0.3) is 0 Å². The van der Waals surface area contributed by atoms with Crippen LogP contribution < -0.4 is 11.3 Å². The number of aromatic nitrogens is 1. The van der Waals surface area contributed by atoms with Gasteiger partial charge in [0.2, 0.25) is 5.91 Å². The van der Waals surface area contributed by atoms with Crippen molar-refractivity contribution < 1.29 is 9.21 Å². The van der Waals surface area contributed by atoms with Gasteiger partial charge in [0.15, 0.2) is 12.0 Å². The number of nitrogens with two attached hydrogens (primary N) is 1. The normalized spacial score (nSPS) is 10.5. The van der Waals surface area contributed by atoms with Gasteiger partial charge in [-0.2, -0.15) is 0 Å². The first-order chi connectivity index (χ1) is 7.29. The Morgan fingerprint density at radius 3 is 3.20 bits per heavy atom. The van der Waals surface area contributed by atoms with Gasteiger partial charge in [-0.3, -0.25) is 10.2 Å². The molecule has 1 aromatic carbocycles. The number of carbonyl (C=O) groups is 1. The van der Waals surface area contributed by atoms with E-state index in [-0.39, 0.29) is 5.91 Å². The average Bonchev–Trinajstić information content (AvgIpc) is 2.72. The molecule has 0 spiro atoms. The van der Waals surface area contributed by atoms with E-state index >= 15 is 0 Å². The number of nitrogens with one attached hydrogen (secondary N) is 1. The van der Waals surface area contributed by atoms with Gasteiger partial charge in [0.05, 0.1) is 0 Å². The molecule has 5 nitrogen and oxygen atoms in total. The van der Waals surface area contributed by atoms with Gasteiger partial charge in [-0.05, 0) is 24.1 Å². The fraction of sp³-hybridized carbons (Fsp3) is 0.200. The molecule has 1 heterocycles. The summed E-state index contributed by atoms with van der Waals surface area (Å²) in [6.07, 6.45) is 2.41. The molecule has 15 heavy (non-hydrogen) atoms. The minimum absolute atomic E-state index is 0.173. The van der Waals surface area contributed by atoms with Crippen LogP contribution in [0.2, 0.25) is 0 Å². The van der Waals surface area contributed by atoms with Crippen molar-refractivity contribution in [2.45, 2.75) is 12.8 Å². The topological polar surface area (TPSA) is 81.1 Å². The molecular weight excluding hydrogens is 194 g/mol. The molecule has 5 heteroatoms.